The minimum Gasteiger partial charge on any atom is -1.00 e. The molecule has 1 aromatic heterocycles. The quantitative estimate of drug-likeness (QED) is 0.0440. The van der Waals surface area contributed by atoms with Crippen molar-refractivity contribution in [1.82, 2.24) is 15.3 Å². The Morgan fingerprint density at radius 3 is 2.32 bits per heavy atom. The molecule has 18 heteroatoms. The van der Waals surface area contributed by atoms with Gasteiger partial charge >= 0.3 is 71.0 Å². The van der Waals surface area contributed by atoms with Gasteiger partial charge in [-0.3, -0.25) is 20.0 Å². The molecule has 0 bridgehead atoms. The number of H-pyrrole nitrogens is 1. The monoisotopic (exact) mass is 533 g/mol. The summed E-state index contributed by atoms with van der Waals surface area (Å²) >= 11 is 0. The van der Waals surface area contributed by atoms with E-state index in [9.17, 15) is 9.59 Å². The summed E-state index contributed by atoms with van der Waals surface area (Å²) in [5.74, 6) is -0.353. The number of hydrogen-bond acceptors (Lipinski definition) is 12. The van der Waals surface area contributed by atoms with Crippen molar-refractivity contribution in [3.05, 3.63) is 16.4 Å². The largest absolute Gasteiger partial charge is 1.00 e. The van der Waals surface area contributed by atoms with Gasteiger partial charge in [0, 0.05) is 21.7 Å². The average Bonchev–Trinajstić information content (AvgIpc) is 2.68. The van der Waals surface area contributed by atoms with Crippen LogP contribution >= 0.6 is 0 Å². The van der Waals surface area contributed by atoms with E-state index < -0.39 is 5.91 Å². The minimum atomic E-state index is -0.489. The van der Waals surface area contributed by atoms with Crippen LogP contribution in [0.5, 0.6) is 6.01 Å². The summed E-state index contributed by atoms with van der Waals surface area (Å²) in [5, 5.41) is 24.0. The first-order valence-corrected chi connectivity index (χ1v) is 7.96. The number of nitrogens with two attached hydrogens (primary N) is 2. The van der Waals surface area contributed by atoms with E-state index >= 15 is 0 Å². The number of carbonyl (C=O) groups is 2. The first-order valence-electron chi connectivity index (χ1n) is 7.96. The molecule has 1 aromatic rings. The van der Waals surface area contributed by atoms with Gasteiger partial charge in [0.05, 0.1) is 19.3 Å². The molecule has 0 fully saturated rings. The molecule has 0 radical (unpaired) electrons. The van der Waals surface area contributed by atoms with E-state index in [0.717, 1.165) is 0 Å². The number of rotatable bonds is 9. The number of hydrogen-bond donors (Lipinski definition) is 4. The Labute approximate surface area is 250 Å². The molecular weight excluding hydrogens is 502 g/mol. The van der Waals surface area contributed by atoms with E-state index in [1.54, 1.807) is 13.2 Å². The zero-order valence-corrected chi connectivity index (χ0v) is 23.5. The Balaban J connectivity index is -0.0000000551. The summed E-state index contributed by atoms with van der Waals surface area (Å²) in [7, 11) is 3.08. The maximum Gasteiger partial charge on any atom is 1.00 e. The van der Waals surface area contributed by atoms with Crippen LogP contribution in [0.4, 0.5) is 5.82 Å². The molecule has 34 heavy (non-hydrogen) atoms. The van der Waals surface area contributed by atoms with Gasteiger partial charge in [-0.15, -0.1) is 0 Å². The predicted molar refractivity (Wildman–Crippen MR) is 107 cm³/mol. The molecule has 188 valence electrons. The predicted octanol–water partition coefficient (Wildman–Crippen LogP) is -12.4. The van der Waals surface area contributed by atoms with Gasteiger partial charge in [0.1, 0.15) is 25.5 Å². The summed E-state index contributed by atoms with van der Waals surface area (Å²) in [6, 6.07) is 2.86. The second-order valence-corrected chi connectivity index (χ2v) is 4.60. The second kappa shape index (κ2) is 33.7. The van der Waals surface area contributed by atoms with Gasteiger partial charge < -0.3 is 48.7 Å². The number of nitrogens with one attached hydrogen (secondary N) is 2. The molecule has 0 aliphatic heterocycles. The number of methoxy groups -OCH3 is 2. The van der Waals surface area contributed by atoms with Crippen molar-refractivity contribution in [3.63, 3.8) is 0 Å². The van der Waals surface area contributed by atoms with Gasteiger partial charge in [0.15, 0.2) is 0 Å². The van der Waals surface area contributed by atoms with E-state index in [-0.39, 0.29) is 125 Å². The number of nitriles is 1. The van der Waals surface area contributed by atoms with Crippen LogP contribution in [0.2, 0.25) is 0 Å². The van der Waals surface area contributed by atoms with Gasteiger partial charge in [0.2, 0.25) is 0 Å². The maximum absolute atomic E-state index is 10.9. The maximum atomic E-state index is 10.9. The summed E-state index contributed by atoms with van der Waals surface area (Å²) in [5.41, 5.74) is 4.99. The molecule has 0 atom stereocenters. The Morgan fingerprint density at radius 2 is 1.88 bits per heavy atom. The molecule has 1 rings (SSSR count). The van der Waals surface area contributed by atoms with Crippen molar-refractivity contribution in [2.24, 2.45) is 0 Å². The van der Waals surface area contributed by atoms with Gasteiger partial charge in [-0.05, 0) is 0 Å². The first-order chi connectivity index (χ1) is 14.3. The summed E-state index contributed by atoms with van der Waals surface area (Å²) in [4.78, 5) is 39.0. The van der Waals surface area contributed by atoms with Crippen LogP contribution in [-0.4, -0.2) is 69.0 Å². The second-order valence-electron chi connectivity index (χ2n) is 4.60. The molecule has 6 N–H and O–H groups in total. The van der Waals surface area contributed by atoms with Gasteiger partial charge in [-0.25, -0.2) is 4.79 Å². The van der Waals surface area contributed by atoms with E-state index in [0.29, 0.717) is 19.8 Å². The molecule has 0 unspecified atom stereocenters. The minimum absolute atomic E-state index is 0. The number of aromatic nitrogens is 2. The van der Waals surface area contributed by atoms with E-state index in [4.69, 9.17) is 40.7 Å². The zero-order chi connectivity index (χ0) is 23.2. The standard InChI is InChI=1S/2C7H11N3O3.CH2O3.CH4.ClH.2Na.H2.H/c1-12-2-3-13-7-9-5(8)4-6(11)10-7;1-12-4-5-13-7(9)10-6(11)2-3-8;2-1-4-3;;;;;;/h4H,2-3H2,1H3,(H3,8,9,10,11);2,4-5H2,1H3,(H2,9,10,11);1,3H;1H4;1H;;;1H;/q;;;;;2*+1;;-1/p-1/i;;;;;;;1+1;. The molecule has 1 amide bonds. The fourth-order valence-corrected chi connectivity index (χ4v) is 1.27. The summed E-state index contributed by atoms with van der Waals surface area (Å²) in [6.45, 7) is 1.21. The molecular formula is C16H31ClN6Na2O9. The number of amidine groups is 1. The Bertz CT molecular complexity index is 749. The third-order valence-corrected chi connectivity index (χ3v) is 2.35. The van der Waals surface area contributed by atoms with Crippen molar-refractivity contribution >= 4 is 24.2 Å². The average molecular weight is 534 g/mol. The third kappa shape index (κ3) is 32.7. The molecule has 0 saturated carbocycles. The summed E-state index contributed by atoms with van der Waals surface area (Å²) in [6.07, 6.45) is -0.242. The smallest absolute Gasteiger partial charge is 1.00 e. The topological polar surface area (TPSA) is 237 Å². The number of halogens is 1. The molecule has 0 aliphatic carbocycles. The van der Waals surface area contributed by atoms with Crippen molar-refractivity contribution in [1.29, 1.82) is 5.26 Å². The molecule has 0 aromatic carbocycles. The van der Waals surface area contributed by atoms with Crippen LogP contribution in [0, 0.1) is 11.3 Å². The molecule has 0 spiro atoms. The molecule has 15 nitrogen and oxygen atoms in total. The number of nitrogen functional groups attached to an aromatic ring is 1. The Kier molecular flexibility index (Phi) is 45.6. The number of carbonyl (C=O) groups excluding carboxylic acids is 2. The fraction of sp³-hybridized carbons (Fsp3) is 0.500. The van der Waals surface area contributed by atoms with Gasteiger partial charge in [-0.2, -0.15) is 15.6 Å². The van der Waals surface area contributed by atoms with Crippen LogP contribution < -0.4 is 104 Å². The summed E-state index contributed by atoms with van der Waals surface area (Å²) < 4.78 is 19.3. The van der Waals surface area contributed by atoms with Crippen molar-refractivity contribution in [3.8, 4) is 12.1 Å². The third-order valence-electron chi connectivity index (χ3n) is 2.35. The Hall–Kier alpha value is -1.45. The van der Waals surface area contributed by atoms with Crippen molar-refractivity contribution < 1.29 is 118 Å². The molecule has 1 heterocycles. The first kappa shape index (κ1) is 46.0. The number of ether oxygens (including phenoxy) is 4. The number of anilines is 1. The van der Waals surface area contributed by atoms with Crippen LogP contribution in [0.1, 0.15) is 16.7 Å². The van der Waals surface area contributed by atoms with Crippen LogP contribution in [0.3, 0.4) is 0 Å². The number of amides is 1. The van der Waals surface area contributed by atoms with Crippen LogP contribution in [0.15, 0.2) is 10.9 Å². The van der Waals surface area contributed by atoms with Gasteiger partial charge in [0.25, 0.3) is 18.0 Å². The van der Waals surface area contributed by atoms with Gasteiger partial charge in [-0.1, -0.05) is 7.43 Å². The van der Waals surface area contributed by atoms with Crippen LogP contribution in [-0.2, 0) is 28.7 Å². The zero-order valence-electron chi connectivity index (χ0n) is 19.8. The SMILES string of the molecule is C.COCCOC(=[NH2+])NC(=O)CC#N.COCCOc1nc(N)cc(=O)[nH]1.O=CO[O-].[2HH].[Cl-].[H-].[Na+].[Na+]. The Morgan fingerprint density at radius 1 is 1.35 bits per heavy atom. The van der Waals surface area contributed by atoms with E-state index in [1.807, 2.05) is 0 Å². The normalized spacial score (nSPS) is 7.71. The van der Waals surface area contributed by atoms with Crippen molar-refractivity contribution in [2.75, 3.05) is 46.4 Å². The molecule has 0 aliphatic rings. The van der Waals surface area contributed by atoms with Crippen molar-refractivity contribution in [2.45, 2.75) is 13.8 Å². The van der Waals surface area contributed by atoms with E-state index in [2.05, 4.69) is 24.9 Å². The van der Waals surface area contributed by atoms with E-state index in [1.165, 1.54) is 13.2 Å². The fourth-order valence-electron chi connectivity index (χ4n) is 1.27. The molecule has 0 saturated heterocycles. The number of nitrogens with zero attached hydrogens (tertiary/aromatic N) is 2. The number of aromatic amines is 1. The van der Waals surface area contributed by atoms with Crippen LogP contribution in [0.25, 0.3) is 0 Å².